The number of furan rings is 1. The van der Waals surface area contributed by atoms with Crippen molar-refractivity contribution in [2.24, 2.45) is 0 Å². The summed E-state index contributed by atoms with van der Waals surface area (Å²) in [7, 11) is 1.91. The smallest absolute Gasteiger partial charge is 0.123 e. The highest BCUT2D eigenvalue weighted by atomic mass is 16.5. The molecule has 114 valence electrons. The second-order valence-electron chi connectivity index (χ2n) is 5.46. The number of ether oxygens (including phenoxy) is 1. The Labute approximate surface area is 127 Å². The number of para-hydroxylation sites is 1. The maximum absolute atomic E-state index is 6.04. The molecule has 1 aromatic carbocycles. The Hall–Kier alpha value is -1.74. The van der Waals surface area contributed by atoms with Crippen LogP contribution >= 0.6 is 0 Å². The van der Waals surface area contributed by atoms with Crippen LogP contribution in [0.4, 0.5) is 0 Å². The highest BCUT2D eigenvalue weighted by molar-refractivity contribution is 5.36. The fourth-order valence-electron chi connectivity index (χ4n) is 2.39. The Kier molecular flexibility index (Phi) is 5.45. The third-order valence-corrected chi connectivity index (χ3v) is 3.87. The van der Waals surface area contributed by atoms with E-state index >= 15 is 0 Å². The Bertz CT molecular complexity index is 574. The minimum absolute atomic E-state index is 0.506. The lowest BCUT2D eigenvalue weighted by Crippen LogP contribution is -2.03. The van der Waals surface area contributed by atoms with E-state index in [-0.39, 0.29) is 0 Å². The van der Waals surface area contributed by atoms with Crippen LogP contribution in [0.3, 0.4) is 0 Å². The largest absolute Gasteiger partial charge is 0.488 e. The molecule has 0 aliphatic carbocycles. The highest BCUT2D eigenvalue weighted by Gasteiger charge is 2.12. The van der Waals surface area contributed by atoms with Crippen molar-refractivity contribution in [2.75, 3.05) is 7.05 Å². The number of rotatable bonds is 7. The molecule has 2 aromatic rings. The lowest BCUT2D eigenvalue weighted by molar-refractivity contribution is 0.298. The van der Waals surface area contributed by atoms with E-state index < -0.39 is 0 Å². The molecule has 0 radical (unpaired) electrons. The number of hydrogen-bond donors (Lipinski definition) is 1. The molecule has 1 atom stereocenters. The second kappa shape index (κ2) is 7.32. The molecule has 0 aliphatic rings. The predicted octanol–water partition coefficient (Wildman–Crippen LogP) is 4.40. The number of hydrogen-bond acceptors (Lipinski definition) is 3. The molecular formula is C18H25NO2. The molecular weight excluding hydrogens is 262 g/mol. The van der Waals surface area contributed by atoms with Gasteiger partial charge in [-0.25, -0.2) is 0 Å². The van der Waals surface area contributed by atoms with Crippen LogP contribution in [0.5, 0.6) is 5.75 Å². The quantitative estimate of drug-likeness (QED) is 0.819. The van der Waals surface area contributed by atoms with Crippen molar-refractivity contribution >= 4 is 0 Å². The van der Waals surface area contributed by atoms with E-state index in [0.29, 0.717) is 12.5 Å². The van der Waals surface area contributed by atoms with E-state index in [1.807, 2.05) is 26.1 Å². The van der Waals surface area contributed by atoms with Crippen molar-refractivity contribution < 1.29 is 9.15 Å². The van der Waals surface area contributed by atoms with E-state index in [1.165, 1.54) is 5.56 Å². The number of nitrogens with one attached hydrogen (secondary N) is 1. The summed E-state index contributed by atoms with van der Waals surface area (Å²) in [5, 5.41) is 3.10. The van der Waals surface area contributed by atoms with Gasteiger partial charge in [0.1, 0.15) is 23.9 Å². The highest BCUT2D eigenvalue weighted by Crippen LogP contribution is 2.29. The van der Waals surface area contributed by atoms with Gasteiger partial charge in [-0.05, 0) is 44.0 Å². The van der Waals surface area contributed by atoms with Crippen LogP contribution in [0.25, 0.3) is 0 Å². The van der Waals surface area contributed by atoms with Crippen molar-refractivity contribution in [1.82, 2.24) is 5.32 Å². The normalized spacial score (nSPS) is 12.4. The van der Waals surface area contributed by atoms with Crippen molar-refractivity contribution in [3.05, 3.63) is 53.0 Å². The Balaban J connectivity index is 2.09. The van der Waals surface area contributed by atoms with Gasteiger partial charge in [0.2, 0.25) is 0 Å². The predicted molar refractivity (Wildman–Crippen MR) is 85.7 cm³/mol. The average Bonchev–Trinajstić information content (AvgIpc) is 2.85. The van der Waals surface area contributed by atoms with Crippen molar-refractivity contribution in [2.45, 2.75) is 46.3 Å². The lowest BCUT2D eigenvalue weighted by atomic mass is 9.98. The molecule has 0 saturated heterocycles. The van der Waals surface area contributed by atoms with Crippen LogP contribution in [0.1, 0.15) is 48.8 Å². The van der Waals surface area contributed by atoms with Gasteiger partial charge in [0, 0.05) is 5.56 Å². The monoisotopic (exact) mass is 287 g/mol. The standard InChI is InChI=1S/C18H25NO2/c1-5-13(2)17-8-6-7-9-18(17)20-12-15-10-16(11-19-4)21-14(15)3/h6-10,13,19H,5,11-12H2,1-4H3. The summed E-state index contributed by atoms with van der Waals surface area (Å²) >= 11 is 0. The van der Waals surface area contributed by atoms with E-state index in [1.54, 1.807) is 0 Å². The van der Waals surface area contributed by atoms with Crippen LogP contribution in [0, 0.1) is 6.92 Å². The van der Waals surface area contributed by atoms with Crippen molar-refractivity contribution in [1.29, 1.82) is 0 Å². The molecule has 1 aromatic heterocycles. The third kappa shape index (κ3) is 3.88. The maximum atomic E-state index is 6.04. The maximum Gasteiger partial charge on any atom is 0.123 e. The summed E-state index contributed by atoms with van der Waals surface area (Å²) in [5.74, 6) is 3.36. The first kappa shape index (κ1) is 15.6. The molecule has 2 rings (SSSR count). The molecule has 0 spiro atoms. The SMILES string of the molecule is CCC(C)c1ccccc1OCc1cc(CNC)oc1C. The minimum atomic E-state index is 0.506. The molecule has 1 unspecified atom stereocenters. The minimum Gasteiger partial charge on any atom is -0.488 e. The van der Waals surface area contributed by atoms with Gasteiger partial charge in [-0.1, -0.05) is 32.0 Å². The van der Waals surface area contributed by atoms with Crippen LogP contribution in [0.2, 0.25) is 0 Å². The summed E-state index contributed by atoms with van der Waals surface area (Å²) in [5.41, 5.74) is 2.39. The van der Waals surface area contributed by atoms with Gasteiger partial charge in [-0.3, -0.25) is 0 Å². The van der Waals surface area contributed by atoms with E-state index in [4.69, 9.17) is 9.15 Å². The summed E-state index contributed by atoms with van der Waals surface area (Å²) in [6.07, 6.45) is 1.11. The third-order valence-electron chi connectivity index (χ3n) is 3.87. The van der Waals surface area contributed by atoms with Gasteiger partial charge in [-0.2, -0.15) is 0 Å². The molecule has 0 bridgehead atoms. The van der Waals surface area contributed by atoms with Gasteiger partial charge in [0.05, 0.1) is 6.54 Å². The van der Waals surface area contributed by atoms with Crippen molar-refractivity contribution in [3.8, 4) is 5.75 Å². The number of benzene rings is 1. The molecule has 3 heteroatoms. The molecule has 0 aliphatic heterocycles. The lowest BCUT2D eigenvalue weighted by Gasteiger charge is -2.15. The van der Waals surface area contributed by atoms with Crippen LogP contribution in [-0.4, -0.2) is 7.05 Å². The van der Waals surface area contributed by atoms with E-state index in [0.717, 1.165) is 35.8 Å². The average molecular weight is 287 g/mol. The first-order valence-electron chi connectivity index (χ1n) is 7.60. The second-order valence-corrected chi connectivity index (χ2v) is 5.46. The summed E-state index contributed by atoms with van der Waals surface area (Å²) in [6, 6.07) is 10.4. The Morgan fingerprint density at radius 2 is 2.05 bits per heavy atom. The van der Waals surface area contributed by atoms with Crippen LogP contribution in [-0.2, 0) is 13.2 Å². The molecule has 0 fully saturated rings. The molecule has 0 amide bonds. The van der Waals surface area contributed by atoms with Gasteiger partial charge in [-0.15, -0.1) is 0 Å². The summed E-state index contributed by atoms with van der Waals surface area (Å²) < 4.78 is 11.7. The molecule has 3 nitrogen and oxygen atoms in total. The molecule has 1 N–H and O–H groups in total. The zero-order valence-electron chi connectivity index (χ0n) is 13.4. The van der Waals surface area contributed by atoms with Crippen LogP contribution < -0.4 is 10.1 Å². The number of aryl methyl sites for hydroxylation is 1. The van der Waals surface area contributed by atoms with E-state index in [2.05, 4.69) is 37.4 Å². The zero-order chi connectivity index (χ0) is 15.2. The fourth-order valence-corrected chi connectivity index (χ4v) is 2.39. The van der Waals surface area contributed by atoms with Crippen molar-refractivity contribution in [3.63, 3.8) is 0 Å². The molecule has 21 heavy (non-hydrogen) atoms. The summed E-state index contributed by atoms with van der Waals surface area (Å²) in [6.45, 7) is 7.71. The van der Waals surface area contributed by atoms with Gasteiger partial charge < -0.3 is 14.5 Å². The first-order chi connectivity index (χ1) is 10.2. The Morgan fingerprint density at radius 3 is 2.76 bits per heavy atom. The first-order valence-corrected chi connectivity index (χ1v) is 7.60. The Morgan fingerprint density at radius 1 is 1.29 bits per heavy atom. The molecule has 1 heterocycles. The zero-order valence-corrected chi connectivity index (χ0v) is 13.4. The topological polar surface area (TPSA) is 34.4 Å². The van der Waals surface area contributed by atoms with Crippen LogP contribution in [0.15, 0.2) is 34.7 Å². The van der Waals surface area contributed by atoms with Gasteiger partial charge >= 0.3 is 0 Å². The fraction of sp³-hybridized carbons (Fsp3) is 0.444. The van der Waals surface area contributed by atoms with Gasteiger partial charge in [0.15, 0.2) is 0 Å². The summed E-state index contributed by atoms with van der Waals surface area (Å²) in [4.78, 5) is 0. The van der Waals surface area contributed by atoms with Gasteiger partial charge in [0.25, 0.3) is 0 Å². The molecule has 0 saturated carbocycles. The van der Waals surface area contributed by atoms with E-state index in [9.17, 15) is 0 Å².